The second-order valence-corrected chi connectivity index (χ2v) is 7.31. The van der Waals surface area contributed by atoms with E-state index in [-0.39, 0.29) is 6.61 Å². The molecule has 7 heteroatoms. The lowest BCUT2D eigenvalue weighted by molar-refractivity contribution is -0.119. The highest BCUT2D eigenvalue weighted by Gasteiger charge is 2.21. The maximum atomic E-state index is 12.2. The third-order valence-corrected chi connectivity index (χ3v) is 5.47. The van der Waals surface area contributed by atoms with Crippen LogP contribution in [0.3, 0.4) is 0 Å². The van der Waals surface area contributed by atoms with E-state index in [1.165, 1.54) is 4.88 Å². The van der Waals surface area contributed by atoms with Crippen molar-refractivity contribution in [1.29, 1.82) is 0 Å². The van der Waals surface area contributed by atoms with E-state index in [0.717, 1.165) is 31.2 Å². The highest BCUT2D eigenvalue weighted by molar-refractivity contribution is 7.10. The fraction of sp³-hybridized carbons (Fsp3) is 0.294. The Morgan fingerprint density at radius 2 is 2.00 bits per heavy atom. The number of amides is 1. The van der Waals surface area contributed by atoms with E-state index in [2.05, 4.69) is 5.32 Å². The van der Waals surface area contributed by atoms with E-state index in [9.17, 15) is 9.59 Å². The number of carbonyl (C=O) groups is 2. The molecule has 0 saturated carbocycles. The van der Waals surface area contributed by atoms with Crippen molar-refractivity contribution < 1.29 is 14.3 Å². The number of carbonyl (C=O) groups excluding carboxylic acids is 2. The highest BCUT2D eigenvalue weighted by atomic mass is 35.5. The van der Waals surface area contributed by atoms with Crippen LogP contribution in [-0.4, -0.2) is 18.5 Å². The molecule has 1 heterocycles. The van der Waals surface area contributed by atoms with Gasteiger partial charge < -0.3 is 10.1 Å². The Bertz CT molecular complexity index is 788. The van der Waals surface area contributed by atoms with E-state index in [1.807, 2.05) is 5.38 Å². The molecule has 1 aromatic carbocycles. The number of hydrogen-bond acceptors (Lipinski definition) is 4. The van der Waals surface area contributed by atoms with Crippen molar-refractivity contribution >= 4 is 52.1 Å². The Hall–Kier alpha value is -1.56. The largest absolute Gasteiger partial charge is 0.452 e. The van der Waals surface area contributed by atoms with Crippen LogP contribution in [0.2, 0.25) is 10.0 Å². The van der Waals surface area contributed by atoms with Crippen molar-refractivity contribution in [2.24, 2.45) is 0 Å². The van der Waals surface area contributed by atoms with Gasteiger partial charge in [-0.05, 0) is 49.4 Å². The molecular formula is C17H15Cl2NO3S. The number of ether oxygens (including phenoxy) is 1. The summed E-state index contributed by atoms with van der Waals surface area (Å²) in [5, 5.41) is 5.23. The first kappa shape index (κ1) is 17.3. The van der Waals surface area contributed by atoms with E-state index < -0.39 is 11.9 Å². The second-order valence-electron chi connectivity index (χ2n) is 5.51. The van der Waals surface area contributed by atoms with Crippen LogP contribution < -0.4 is 5.32 Å². The molecule has 24 heavy (non-hydrogen) atoms. The molecule has 1 N–H and O–H groups in total. The number of halogens is 2. The molecule has 0 saturated heterocycles. The first-order valence-corrected chi connectivity index (χ1v) is 9.19. The van der Waals surface area contributed by atoms with E-state index in [1.54, 1.807) is 29.5 Å². The molecule has 1 aliphatic carbocycles. The van der Waals surface area contributed by atoms with Crippen LogP contribution in [0.4, 0.5) is 5.69 Å². The molecule has 3 rings (SSSR count). The Morgan fingerprint density at radius 3 is 2.83 bits per heavy atom. The topological polar surface area (TPSA) is 55.4 Å². The number of esters is 1. The predicted molar refractivity (Wildman–Crippen MR) is 96.3 cm³/mol. The van der Waals surface area contributed by atoms with Crippen LogP contribution in [0.1, 0.15) is 33.6 Å². The first-order chi connectivity index (χ1) is 11.5. The van der Waals surface area contributed by atoms with Crippen LogP contribution in [0, 0.1) is 0 Å². The van der Waals surface area contributed by atoms with Gasteiger partial charge in [-0.25, -0.2) is 4.79 Å². The van der Waals surface area contributed by atoms with Gasteiger partial charge in [0, 0.05) is 15.3 Å². The lowest BCUT2D eigenvalue weighted by Gasteiger charge is -2.12. The Kier molecular flexibility index (Phi) is 5.43. The predicted octanol–water partition coefficient (Wildman–Crippen LogP) is 4.73. The van der Waals surface area contributed by atoms with Gasteiger partial charge in [-0.3, -0.25) is 4.79 Å². The van der Waals surface area contributed by atoms with Gasteiger partial charge in [-0.2, -0.15) is 0 Å². The van der Waals surface area contributed by atoms with Crippen molar-refractivity contribution in [1.82, 2.24) is 0 Å². The van der Waals surface area contributed by atoms with Gasteiger partial charge in [0.05, 0.1) is 16.3 Å². The van der Waals surface area contributed by atoms with Gasteiger partial charge in [0.2, 0.25) is 0 Å². The fourth-order valence-corrected chi connectivity index (χ4v) is 4.11. The van der Waals surface area contributed by atoms with Gasteiger partial charge >= 0.3 is 5.97 Å². The molecule has 0 atom stereocenters. The molecule has 0 fully saturated rings. The molecule has 126 valence electrons. The Balaban J connectivity index is 1.59. The summed E-state index contributed by atoms with van der Waals surface area (Å²) in [6.07, 6.45) is 4.15. The zero-order chi connectivity index (χ0) is 17.1. The zero-order valence-corrected chi connectivity index (χ0v) is 15.1. The van der Waals surface area contributed by atoms with Gasteiger partial charge in [0.1, 0.15) is 0 Å². The minimum atomic E-state index is -0.461. The second kappa shape index (κ2) is 7.55. The quantitative estimate of drug-likeness (QED) is 0.776. The average Bonchev–Trinajstić information content (AvgIpc) is 3.00. The molecule has 0 aliphatic heterocycles. The molecule has 4 nitrogen and oxygen atoms in total. The number of anilines is 1. The number of fused-ring (bicyclic) bond motifs is 1. The van der Waals surface area contributed by atoms with E-state index in [4.69, 9.17) is 27.9 Å². The van der Waals surface area contributed by atoms with Crippen molar-refractivity contribution in [2.75, 3.05) is 11.9 Å². The van der Waals surface area contributed by atoms with Crippen LogP contribution in [0.25, 0.3) is 0 Å². The number of nitrogens with one attached hydrogen (secondary N) is 1. The van der Waals surface area contributed by atoms with Gasteiger partial charge in [0.25, 0.3) is 5.91 Å². The van der Waals surface area contributed by atoms with Crippen molar-refractivity contribution in [2.45, 2.75) is 25.7 Å². The van der Waals surface area contributed by atoms with Crippen molar-refractivity contribution in [3.8, 4) is 0 Å². The lowest BCUT2D eigenvalue weighted by atomic mass is 9.96. The van der Waals surface area contributed by atoms with Crippen molar-refractivity contribution in [3.05, 3.63) is 49.6 Å². The van der Waals surface area contributed by atoms with E-state index >= 15 is 0 Å². The van der Waals surface area contributed by atoms with Gasteiger partial charge in [0.15, 0.2) is 6.61 Å². The molecule has 0 spiro atoms. The molecular weight excluding hydrogens is 369 g/mol. The SMILES string of the molecule is O=C(COC(=O)c1csc2c1CCCC2)Nc1cc(Cl)ccc1Cl. The molecule has 0 radical (unpaired) electrons. The normalized spacial score (nSPS) is 13.2. The third kappa shape index (κ3) is 3.91. The number of aryl methyl sites for hydroxylation is 1. The maximum absolute atomic E-state index is 12.2. The summed E-state index contributed by atoms with van der Waals surface area (Å²) in [4.78, 5) is 25.4. The molecule has 1 amide bonds. The molecule has 1 aromatic heterocycles. The summed E-state index contributed by atoms with van der Waals surface area (Å²) in [6.45, 7) is -0.369. The Morgan fingerprint density at radius 1 is 1.21 bits per heavy atom. The van der Waals surface area contributed by atoms with Crippen LogP contribution >= 0.6 is 34.5 Å². The molecule has 0 bridgehead atoms. The van der Waals surface area contributed by atoms with E-state index in [0.29, 0.717) is 21.3 Å². The first-order valence-electron chi connectivity index (χ1n) is 7.56. The number of rotatable bonds is 4. The van der Waals surface area contributed by atoms with Crippen LogP contribution in [0.5, 0.6) is 0 Å². The summed E-state index contributed by atoms with van der Waals surface area (Å²) in [7, 11) is 0. The average molecular weight is 384 g/mol. The van der Waals surface area contributed by atoms with Gasteiger partial charge in [-0.15, -0.1) is 11.3 Å². The van der Waals surface area contributed by atoms with Crippen molar-refractivity contribution in [3.63, 3.8) is 0 Å². The summed E-state index contributed by atoms with van der Waals surface area (Å²) < 4.78 is 5.14. The molecule has 2 aromatic rings. The molecule has 1 aliphatic rings. The Labute approximate surface area is 153 Å². The molecule has 0 unspecified atom stereocenters. The maximum Gasteiger partial charge on any atom is 0.339 e. The third-order valence-electron chi connectivity index (χ3n) is 3.82. The summed E-state index contributed by atoms with van der Waals surface area (Å²) in [6, 6.07) is 4.75. The monoisotopic (exact) mass is 383 g/mol. The number of thiophene rings is 1. The summed E-state index contributed by atoms with van der Waals surface area (Å²) >= 11 is 13.4. The zero-order valence-electron chi connectivity index (χ0n) is 12.7. The lowest BCUT2D eigenvalue weighted by Crippen LogP contribution is -2.21. The van der Waals surface area contributed by atoms with Crippen LogP contribution in [-0.2, 0) is 22.4 Å². The minimum absolute atomic E-state index is 0.367. The summed E-state index contributed by atoms with van der Waals surface area (Å²) in [5.74, 6) is -0.918. The highest BCUT2D eigenvalue weighted by Crippen LogP contribution is 2.30. The standard InChI is InChI=1S/C17H15Cl2NO3S/c18-10-5-6-13(19)14(7-10)20-16(21)8-23-17(22)12-9-24-15-4-2-1-3-11(12)15/h5-7,9H,1-4,8H2,(H,20,21). The fourth-order valence-electron chi connectivity index (χ4n) is 2.65. The summed E-state index contributed by atoms with van der Waals surface area (Å²) in [5.41, 5.74) is 2.05. The number of benzene rings is 1. The smallest absolute Gasteiger partial charge is 0.339 e. The van der Waals surface area contributed by atoms with Gasteiger partial charge in [-0.1, -0.05) is 23.2 Å². The number of hydrogen-bond donors (Lipinski definition) is 1. The van der Waals surface area contributed by atoms with Crippen LogP contribution in [0.15, 0.2) is 23.6 Å². The minimum Gasteiger partial charge on any atom is -0.452 e.